The zero-order chi connectivity index (χ0) is 28.4. The van der Waals surface area contributed by atoms with E-state index in [4.69, 9.17) is 25.8 Å². The van der Waals surface area contributed by atoms with Gasteiger partial charge in [0.05, 0.1) is 59.2 Å². The van der Waals surface area contributed by atoms with Gasteiger partial charge in [-0.3, -0.25) is 14.6 Å². The summed E-state index contributed by atoms with van der Waals surface area (Å²) in [4.78, 5) is 31.1. The van der Waals surface area contributed by atoms with Crippen molar-refractivity contribution < 1.29 is 34.0 Å². The number of pyridine rings is 1. The molecule has 8 unspecified atom stereocenters. The maximum atomic E-state index is 13.8. The molecule has 0 spiro atoms. The van der Waals surface area contributed by atoms with E-state index < -0.39 is 35.6 Å². The monoisotopic (exact) mass is 563 g/mol. The van der Waals surface area contributed by atoms with E-state index in [0.717, 1.165) is 19.3 Å². The Balaban J connectivity index is 1.57. The first-order chi connectivity index (χ1) is 18.4. The van der Waals surface area contributed by atoms with Crippen LogP contribution < -0.4 is 0 Å². The van der Waals surface area contributed by atoms with Gasteiger partial charge in [-0.05, 0) is 56.7 Å². The summed E-state index contributed by atoms with van der Waals surface area (Å²) in [6, 6.07) is 5.44. The number of fused-ring (bicyclic) bond motifs is 1. The van der Waals surface area contributed by atoms with Gasteiger partial charge in [0.25, 0.3) is 0 Å². The third kappa shape index (κ3) is 7.67. The minimum absolute atomic E-state index is 0.116. The van der Waals surface area contributed by atoms with Crippen LogP contribution >= 0.6 is 11.6 Å². The number of Topliss-reactive ketones (excluding diaryl/α,β-unsaturated/α-hetero) is 1. The molecule has 2 N–H and O–H groups in total. The second-order valence-corrected chi connectivity index (χ2v) is 12.7. The summed E-state index contributed by atoms with van der Waals surface area (Å²) in [5.74, 6) is -1.69. The van der Waals surface area contributed by atoms with Crippen molar-refractivity contribution in [1.82, 2.24) is 4.98 Å². The van der Waals surface area contributed by atoms with Crippen LogP contribution in [0.5, 0.6) is 0 Å². The molecule has 3 saturated heterocycles. The molecule has 0 aromatic carbocycles. The van der Waals surface area contributed by atoms with E-state index in [1.54, 1.807) is 38.3 Å². The molecule has 0 saturated carbocycles. The summed E-state index contributed by atoms with van der Waals surface area (Å²) in [6.07, 6.45) is 3.80. The summed E-state index contributed by atoms with van der Waals surface area (Å²) in [7, 11) is 0. The van der Waals surface area contributed by atoms with Gasteiger partial charge >= 0.3 is 5.97 Å². The molecule has 1 aromatic heterocycles. The summed E-state index contributed by atoms with van der Waals surface area (Å²) in [5, 5.41) is 22.7. The van der Waals surface area contributed by atoms with Crippen molar-refractivity contribution in [2.75, 3.05) is 6.61 Å². The molecule has 8 nitrogen and oxygen atoms in total. The lowest BCUT2D eigenvalue weighted by atomic mass is 9.71. The summed E-state index contributed by atoms with van der Waals surface area (Å²) < 4.78 is 17.2. The molecule has 3 fully saturated rings. The van der Waals surface area contributed by atoms with Crippen molar-refractivity contribution in [2.24, 2.45) is 17.3 Å². The third-order valence-corrected chi connectivity index (χ3v) is 9.07. The number of esters is 1. The summed E-state index contributed by atoms with van der Waals surface area (Å²) in [6.45, 7) is 7.93. The first-order valence-corrected chi connectivity index (χ1v) is 14.5. The van der Waals surface area contributed by atoms with E-state index >= 15 is 0 Å². The Kier molecular flexibility index (Phi) is 9.54. The summed E-state index contributed by atoms with van der Waals surface area (Å²) >= 11 is 6.66. The van der Waals surface area contributed by atoms with Crippen LogP contribution in [-0.2, 0) is 23.8 Å². The van der Waals surface area contributed by atoms with E-state index in [1.807, 2.05) is 19.9 Å². The Morgan fingerprint density at radius 1 is 1.21 bits per heavy atom. The van der Waals surface area contributed by atoms with E-state index in [-0.39, 0.29) is 35.9 Å². The second-order valence-electron chi connectivity index (χ2n) is 12.2. The first-order valence-electron chi connectivity index (χ1n) is 14.1. The Morgan fingerprint density at radius 2 is 1.95 bits per heavy atom. The Bertz CT molecular complexity index is 1040. The number of aromatic nitrogens is 1. The third-order valence-electron chi connectivity index (χ3n) is 8.71. The van der Waals surface area contributed by atoms with E-state index in [9.17, 15) is 19.8 Å². The molecule has 0 amide bonds. The topological polar surface area (TPSA) is 122 Å². The lowest BCUT2D eigenvalue weighted by Crippen LogP contribution is -2.46. The minimum atomic E-state index is -1.30. The predicted molar refractivity (Wildman–Crippen MR) is 147 cm³/mol. The Labute approximate surface area is 236 Å². The number of rotatable bonds is 5. The van der Waals surface area contributed by atoms with Crippen LogP contribution in [0.3, 0.4) is 0 Å². The van der Waals surface area contributed by atoms with Crippen LogP contribution in [0.1, 0.15) is 78.3 Å². The average molecular weight is 564 g/mol. The number of epoxide rings is 2. The normalized spacial score (nSPS) is 38.0. The SMILES string of the molecule is CC1CCCC2(C)OC2CC(C(Cl)=Cc2ccccn2)OC(=O)CC(O)C(C)(C)C(=O)C(CCC2CO2)C1O. The molecule has 216 valence electrons. The van der Waals surface area contributed by atoms with Gasteiger partial charge in [0, 0.05) is 18.5 Å². The van der Waals surface area contributed by atoms with Crippen molar-refractivity contribution in [2.45, 2.75) is 109 Å². The number of hydrogen-bond donors (Lipinski definition) is 2. The summed E-state index contributed by atoms with van der Waals surface area (Å²) in [5.41, 5.74) is -1.02. The molecule has 3 aliphatic heterocycles. The Hall–Kier alpha value is -1.84. The van der Waals surface area contributed by atoms with Gasteiger partial charge in [0.2, 0.25) is 0 Å². The van der Waals surface area contributed by atoms with E-state index in [1.165, 1.54) is 0 Å². The number of halogens is 1. The van der Waals surface area contributed by atoms with E-state index in [2.05, 4.69) is 4.98 Å². The first kappa shape index (κ1) is 30.1. The minimum Gasteiger partial charge on any atom is -0.456 e. The van der Waals surface area contributed by atoms with Crippen LogP contribution in [0.25, 0.3) is 6.08 Å². The van der Waals surface area contributed by atoms with Crippen LogP contribution in [0.2, 0.25) is 0 Å². The highest BCUT2D eigenvalue weighted by molar-refractivity contribution is 6.32. The number of aliphatic hydroxyl groups is 2. The van der Waals surface area contributed by atoms with Gasteiger partial charge < -0.3 is 24.4 Å². The molecule has 3 aliphatic rings. The zero-order valence-corrected chi connectivity index (χ0v) is 24.1. The van der Waals surface area contributed by atoms with Crippen LogP contribution in [0, 0.1) is 17.3 Å². The highest BCUT2D eigenvalue weighted by Gasteiger charge is 2.53. The fraction of sp³-hybridized carbons (Fsp3) is 0.700. The highest BCUT2D eigenvalue weighted by Crippen LogP contribution is 2.45. The molecular weight excluding hydrogens is 522 g/mol. The fourth-order valence-corrected chi connectivity index (χ4v) is 5.82. The van der Waals surface area contributed by atoms with Crippen molar-refractivity contribution in [1.29, 1.82) is 0 Å². The molecule has 9 heteroatoms. The standard InChI is InChI=1S/C30H42ClNO7/c1-18-8-7-12-30(4)25(39-30)15-23(22(31)14-19-9-5-6-13-32-19)38-26(34)16-24(33)29(2,3)28(36)21(27(18)35)11-10-20-17-37-20/h5-6,9,13-14,18,20-21,23-25,27,33,35H,7-8,10-12,15-17H2,1-4H3. The lowest BCUT2D eigenvalue weighted by Gasteiger charge is -2.36. The number of ketones is 1. The number of nitrogens with zero attached hydrogens (tertiary/aromatic N) is 1. The number of ether oxygens (including phenoxy) is 3. The molecule has 0 bridgehead atoms. The Morgan fingerprint density at radius 3 is 2.62 bits per heavy atom. The van der Waals surface area contributed by atoms with Gasteiger partial charge in [-0.25, -0.2) is 0 Å². The molecule has 4 rings (SSSR count). The fourth-order valence-electron chi connectivity index (χ4n) is 5.58. The number of carbonyl (C=O) groups excluding carboxylic acids is 2. The molecule has 1 aromatic rings. The quantitative estimate of drug-likeness (QED) is 0.398. The van der Waals surface area contributed by atoms with E-state index in [0.29, 0.717) is 36.6 Å². The van der Waals surface area contributed by atoms with Crippen molar-refractivity contribution in [3.63, 3.8) is 0 Å². The maximum Gasteiger partial charge on any atom is 0.309 e. The van der Waals surface area contributed by atoms with Gasteiger partial charge in [0.15, 0.2) is 0 Å². The smallest absolute Gasteiger partial charge is 0.309 e. The number of cyclic esters (lactones) is 1. The van der Waals surface area contributed by atoms with Crippen molar-refractivity contribution >= 4 is 29.4 Å². The molecule has 39 heavy (non-hydrogen) atoms. The molecule has 0 aliphatic carbocycles. The van der Waals surface area contributed by atoms with Crippen LogP contribution in [0.4, 0.5) is 0 Å². The molecule has 4 heterocycles. The van der Waals surface area contributed by atoms with Gasteiger partial charge in [-0.2, -0.15) is 0 Å². The van der Waals surface area contributed by atoms with Crippen molar-refractivity contribution in [3.8, 4) is 0 Å². The number of carbonyl (C=O) groups is 2. The molecular formula is C30H42ClNO7. The number of hydrogen-bond acceptors (Lipinski definition) is 8. The highest BCUT2D eigenvalue weighted by atomic mass is 35.5. The van der Waals surface area contributed by atoms with Crippen LogP contribution in [0.15, 0.2) is 29.4 Å². The molecule has 8 atom stereocenters. The lowest BCUT2D eigenvalue weighted by molar-refractivity contribution is -0.154. The van der Waals surface area contributed by atoms with Crippen LogP contribution in [-0.4, -0.2) is 69.7 Å². The number of aliphatic hydroxyl groups excluding tert-OH is 2. The zero-order valence-electron chi connectivity index (χ0n) is 23.3. The van der Waals surface area contributed by atoms with Gasteiger partial charge in [-0.15, -0.1) is 0 Å². The van der Waals surface area contributed by atoms with Gasteiger partial charge in [0.1, 0.15) is 11.9 Å². The maximum absolute atomic E-state index is 13.8. The largest absolute Gasteiger partial charge is 0.456 e. The van der Waals surface area contributed by atoms with Crippen molar-refractivity contribution in [3.05, 3.63) is 35.1 Å². The second kappa shape index (κ2) is 12.4. The average Bonchev–Trinajstić information content (AvgIpc) is 3.81. The molecule has 0 radical (unpaired) electrons. The predicted octanol–water partition coefficient (Wildman–Crippen LogP) is 4.44. The van der Waals surface area contributed by atoms with Gasteiger partial charge in [-0.1, -0.05) is 44.9 Å².